The predicted octanol–water partition coefficient (Wildman–Crippen LogP) is 1.45. The summed E-state index contributed by atoms with van der Waals surface area (Å²) >= 11 is 0. The molecule has 0 aliphatic carbocycles. The lowest BCUT2D eigenvalue weighted by molar-refractivity contribution is 0.234. The third-order valence-corrected chi connectivity index (χ3v) is 3.35. The summed E-state index contributed by atoms with van der Waals surface area (Å²) in [6.45, 7) is 3.80. The number of hydrogen-bond donors (Lipinski definition) is 0. The van der Waals surface area contributed by atoms with E-state index in [9.17, 15) is 0 Å². The molecular formula is C12H17N5O. The van der Waals surface area contributed by atoms with E-state index in [1.54, 1.807) is 0 Å². The van der Waals surface area contributed by atoms with E-state index in [0.717, 1.165) is 25.3 Å². The first kappa shape index (κ1) is 11.4. The summed E-state index contributed by atoms with van der Waals surface area (Å²) in [6.07, 6.45) is 6.24. The third kappa shape index (κ3) is 2.15. The average molecular weight is 247 g/mol. The fourth-order valence-corrected chi connectivity index (χ4v) is 2.55. The molecule has 0 unspecified atom stereocenters. The Bertz CT molecular complexity index is 532. The van der Waals surface area contributed by atoms with Crippen molar-refractivity contribution in [2.24, 2.45) is 7.05 Å². The number of aromatic nitrogens is 4. The Balaban J connectivity index is 1.75. The molecule has 2 aromatic rings. The molecule has 0 saturated carbocycles. The summed E-state index contributed by atoms with van der Waals surface area (Å²) in [7, 11) is 1.94. The van der Waals surface area contributed by atoms with Crippen LogP contribution in [0.5, 0.6) is 0 Å². The molecule has 0 aromatic carbocycles. The van der Waals surface area contributed by atoms with E-state index in [2.05, 4.69) is 26.3 Å². The first-order valence-electron chi connectivity index (χ1n) is 6.24. The second-order valence-corrected chi connectivity index (χ2v) is 4.82. The molecule has 3 heterocycles. The summed E-state index contributed by atoms with van der Waals surface area (Å²) in [5.41, 5.74) is 1.23. The van der Waals surface area contributed by atoms with E-state index in [1.165, 1.54) is 12.0 Å². The minimum Gasteiger partial charge on any atom is -0.340 e. The maximum Gasteiger partial charge on any atom is 0.223 e. The molecule has 0 bridgehead atoms. The molecule has 1 aliphatic rings. The Kier molecular flexibility index (Phi) is 2.87. The van der Waals surface area contributed by atoms with Crippen LogP contribution in [0.4, 0.5) is 0 Å². The van der Waals surface area contributed by atoms with Crippen LogP contribution in [0.15, 0.2) is 16.9 Å². The van der Waals surface area contributed by atoms with Crippen LogP contribution in [-0.2, 0) is 13.6 Å². The van der Waals surface area contributed by atoms with Gasteiger partial charge in [0.05, 0.1) is 12.2 Å². The lowest BCUT2D eigenvalue weighted by atomic mass is 10.2. The van der Waals surface area contributed by atoms with Crippen molar-refractivity contribution in [1.29, 1.82) is 0 Å². The molecule has 0 amide bonds. The molecule has 18 heavy (non-hydrogen) atoms. The predicted molar refractivity (Wildman–Crippen MR) is 64.6 cm³/mol. The summed E-state index contributed by atoms with van der Waals surface area (Å²) in [5.74, 6) is 1.45. The van der Waals surface area contributed by atoms with Gasteiger partial charge in [-0.1, -0.05) is 5.16 Å². The second kappa shape index (κ2) is 4.53. The highest BCUT2D eigenvalue weighted by molar-refractivity contribution is 5.06. The summed E-state index contributed by atoms with van der Waals surface area (Å²) in [5, 5.41) is 8.25. The molecule has 96 valence electrons. The van der Waals surface area contributed by atoms with Gasteiger partial charge in [-0.05, 0) is 19.4 Å². The largest absolute Gasteiger partial charge is 0.340 e. The number of nitrogens with zero attached hydrogens (tertiary/aromatic N) is 5. The summed E-state index contributed by atoms with van der Waals surface area (Å²) < 4.78 is 6.91. The molecule has 2 aromatic heterocycles. The van der Waals surface area contributed by atoms with E-state index in [1.807, 2.05) is 24.9 Å². The second-order valence-electron chi connectivity index (χ2n) is 4.82. The normalized spacial score (nSPS) is 20.7. The van der Waals surface area contributed by atoms with Gasteiger partial charge in [0.25, 0.3) is 0 Å². The van der Waals surface area contributed by atoms with E-state index in [-0.39, 0.29) is 6.04 Å². The zero-order valence-corrected chi connectivity index (χ0v) is 10.7. The zero-order chi connectivity index (χ0) is 12.5. The van der Waals surface area contributed by atoms with Crippen molar-refractivity contribution in [1.82, 2.24) is 24.8 Å². The van der Waals surface area contributed by atoms with Crippen LogP contribution in [0.3, 0.4) is 0 Å². The molecule has 1 atom stereocenters. The van der Waals surface area contributed by atoms with Crippen LogP contribution >= 0.6 is 0 Å². The van der Waals surface area contributed by atoms with Crippen molar-refractivity contribution in [2.45, 2.75) is 32.4 Å². The Morgan fingerprint density at radius 3 is 3.06 bits per heavy atom. The van der Waals surface area contributed by atoms with Crippen molar-refractivity contribution in [3.8, 4) is 0 Å². The van der Waals surface area contributed by atoms with Gasteiger partial charge in [-0.3, -0.25) is 9.58 Å². The van der Waals surface area contributed by atoms with Crippen molar-refractivity contribution >= 4 is 0 Å². The van der Waals surface area contributed by atoms with E-state index in [4.69, 9.17) is 4.52 Å². The highest BCUT2D eigenvalue weighted by atomic mass is 16.5. The van der Waals surface area contributed by atoms with Crippen molar-refractivity contribution in [3.63, 3.8) is 0 Å². The van der Waals surface area contributed by atoms with Gasteiger partial charge in [-0.2, -0.15) is 10.1 Å². The van der Waals surface area contributed by atoms with Crippen molar-refractivity contribution in [2.75, 3.05) is 6.54 Å². The Labute approximate surface area is 106 Å². The Morgan fingerprint density at radius 2 is 2.39 bits per heavy atom. The molecule has 6 heteroatoms. The fraction of sp³-hybridized carbons (Fsp3) is 0.583. The van der Waals surface area contributed by atoms with Crippen molar-refractivity contribution in [3.05, 3.63) is 29.7 Å². The summed E-state index contributed by atoms with van der Waals surface area (Å²) in [4.78, 5) is 6.74. The maximum atomic E-state index is 5.08. The SMILES string of the molecule is Cc1nc([C@H]2CCCN2Cc2cnn(C)c2)no1. The van der Waals surface area contributed by atoms with E-state index in [0.29, 0.717) is 5.89 Å². The molecule has 1 fully saturated rings. The minimum absolute atomic E-state index is 0.280. The number of rotatable bonds is 3. The monoisotopic (exact) mass is 247 g/mol. The van der Waals surface area contributed by atoms with Crippen molar-refractivity contribution < 1.29 is 4.52 Å². The van der Waals surface area contributed by atoms with Gasteiger partial charge < -0.3 is 4.52 Å². The minimum atomic E-state index is 0.280. The highest BCUT2D eigenvalue weighted by Gasteiger charge is 2.29. The van der Waals surface area contributed by atoms with Gasteiger partial charge in [0.2, 0.25) is 5.89 Å². The standard InChI is InChI=1S/C12H17N5O/c1-9-14-12(15-18-9)11-4-3-5-17(11)8-10-6-13-16(2)7-10/h6-7,11H,3-5,8H2,1-2H3/t11-/m1/s1. The average Bonchev–Trinajstić information content (AvgIpc) is 3.01. The molecule has 1 aliphatic heterocycles. The summed E-state index contributed by atoms with van der Waals surface area (Å²) in [6, 6.07) is 0.280. The van der Waals surface area contributed by atoms with Crippen LogP contribution in [0.25, 0.3) is 0 Å². The molecule has 1 saturated heterocycles. The smallest absolute Gasteiger partial charge is 0.223 e. The highest BCUT2D eigenvalue weighted by Crippen LogP contribution is 2.31. The first-order valence-corrected chi connectivity index (χ1v) is 6.24. The molecule has 0 spiro atoms. The van der Waals surface area contributed by atoms with Crippen LogP contribution in [0.1, 0.15) is 36.2 Å². The topological polar surface area (TPSA) is 60.0 Å². The molecule has 6 nitrogen and oxygen atoms in total. The molecule has 3 rings (SSSR count). The van der Waals surface area contributed by atoms with Crippen LogP contribution < -0.4 is 0 Å². The third-order valence-electron chi connectivity index (χ3n) is 3.35. The van der Waals surface area contributed by atoms with Gasteiger partial charge in [-0.25, -0.2) is 0 Å². The maximum absolute atomic E-state index is 5.08. The number of hydrogen-bond acceptors (Lipinski definition) is 5. The van der Waals surface area contributed by atoms with Gasteiger partial charge in [-0.15, -0.1) is 0 Å². The van der Waals surface area contributed by atoms with E-state index < -0.39 is 0 Å². The number of likely N-dealkylation sites (tertiary alicyclic amines) is 1. The first-order chi connectivity index (χ1) is 8.72. The fourth-order valence-electron chi connectivity index (χ4n) is 2.55. The molecule has 0 N–H and O–H groups in total. The number of aryl methyl sites for hydroxylation is 2. The molecular weight excluding hydrogens is 230 g/mol. The Morgan fingerprint density at radius 1 is 1.50 bits per heavy atom. The quantitative estimate of drug-likeness (QED) is 0.821. The van der Waals surface area contributed by atoms with Crippen LogP contribution in [0.2, 0.25) is 0 Å². The van der Waals surface area contributed by atoms with Gasteiger partial charge in [0.15, 0.2) is 5.82 Å². The van der Waals surface area contributed by atoms with Gasteiger partial charge >= 0.3 is 0 Å². The lowest BCUT2D eigenvalue weighted by Crippen LogP contribution is -2.23. The van der Waals surface area contributed by atoms with Crippen LogP contribution in [-0.4, -0.2) is 31.4 Å². The Hall–Kier alpha value is -1.69. The molecule has 0 radical (unpaired) electrons. The van der Waals surface area contributed by atoms with Crippen LogP contribution in [0, 0.1) is 6.92 Å². The van der Waals surface area contributed by atoms with Gasteiger partial charge in [0, 0.05) is 32.3 Å². The zero-order valence-electron chi connectivity index (χ0n) is 10.7. The lowest BCUT2D eigenvalue weighted by Gasteiger charge is -2.20. The van der Waals surface area contributed by atoms with Gasteiger partial charge in [0.1, 0.15) is 0 Å². The van der Waals surface area contributed by atoms with E-state index >= 15 is 0 Å².